The lowest BCUT2D eigenvalue weighted by Gasteiger charge is -2.24. The van der Waals surface area contributed by atoms with Gasteiger partial charge in [-0.3, -0.25) is 19.8 Å². The van der Waals surface area contributed by atoms with Gasteiger partial charge in [0.1, 0.15) is 0 Å². The molecule has 0 radical (unpaired) electrons. The molecule has 0 aliphatic rings. The number of nitrogens with one attached hydrogen (secondary N) is 2. The van der Waals surface area contributed by atoms with E-state index in [0.717, 1.165) is 5.56 Å². The van der Waals surface area contributed by atoms with Gasteiger partial charge in [-0.25, -0.2) is 4.79 Å². The average Bonchev–Trinajstić information content (AvgIpc) is 2.59. The molecule has 7 heteroatoms. The van der Waals surface area contributed by atoms with E-state index in [0.29, 0.717) is 19.6 Å². The van der Waals surface area contributed by atoms with E-state index in [-0.39, 0.29) is 24.2 Å². The lowest BCUT2D eigenvalue weighted by molar-refractivity contribution is -0.145. The van der Waals surface area contributed by atoms with Crippen LogP contribution in [0.15, 0.2) is 30.3 Å². The summed E-state index contributed by atoms with van der Waals surface area (Å²) in [5.41, 5.74) is 1.08. The van der Waals surface area contributed by atoms with Gasteiger partial charge in [0.2, 0.25) is 5.91 Å². The van der Waals surface area contributed by atoms with E-state index in [1.165, 1.54) is 14.2 Å². The second-order valence-corrected chi connectivity index (χ2v) is 5.52. The largest absolute Gasteiger partial charge is 0.469 e. The Morgan fingerprint density at radius 1 is 1.21 bits per heavy atom. The fourth-order valence-electron chi connectivity index (χ4n) is 2.25. The van der Waals surface area contributed by atoms with Crippen molar-refractivity contribution in [2.24, 2.45) is 5.92 Å². The van der Waals surface area contributed by atoms with Gasteiger partial charge in [0, 0.05) is 33.1 Å². The van der Waals surface area contributed by atoms with Gasteiger partial charge in [-0.1, -0.05) is 37.3 Å². The van der Waals surface area contributed by atoms with Crippen LogP contribution in [0.3, 0.4) is 0 Å². The summed E-state index contributed by atoms with van der Waals surface area (Å²) in [7, 11) is 2.81. The highest BCUT2D eigenvalue weighted by atomic mass is 16.5. The zero-order chi connectivity index (χ0) is 17.9. The minimum Gasteiger partial charge on any atom is -0.469 e. The second kappa shape index (κ2) is 10.4. The SMILES string of the molecule is CNC(=O)NC(=O)CCN(Cc1ccccc1)C[C@@H](C)C(=O)OC. The highest BCUT2D eigenvalue weighted by Gasteiger charge is 2.19. The van der Waals surface area contributed by atoms with Crippen LogP contribution in [0.25, 0.3) is 0 Å². The van der Waals surface area contributed by atoms with Gasteiger partial charge in [-0.15, -0.1) is 0 Å². The molecule has 0 heterocycles. The van der Waals surface area contributed by atoms with Crippen molar-refractivity contribution in [2.45, 2.75) is 19.9 Å². The third kappa shape index (κ3) is 7.23. The van der Waals surface area contributed by atoms with Crippen LogP contribution in [0.5, 0.6) is 0 Å². The molecule has 1 rings (SSSR count). The Labute approximate surface area is 142 Å². The molecule has 1 aromatic rings. The zero-order valence-corrected chi connectivity index (χ0v) is 14.4. The first-order valence-corrected chi connectivity index (χ1v) is 7.82. The van der Waals surface area contributed by atoms with Crippen LogP contribution in [0.2, 0.25) is 0 Å². The fraction of sp³-hybridized carbons (Fsp3) is 0.471. The molecule has 3 amide bonds. The molecule has 0 fully saturated rings. The van der Waals surface area contributed by atoms with Crippen LogP contribution >= 0.6 is 0 Å². The Hall–Kier alpha value is -2.41. The molecule has 0 aliphatic heterocycles. The van der Waals surface area contributed by atoms with Crippen molar-refractivity contribution in [3.63, 3.8) is 0 Å². The van der Waals surface area contributed by atoms with Crippen LogP contribution < -0.4 is 10.6 Å². The molecule has 0 bridgehead atoms. The number of benzene rings is 1. The highest BCUT2D eigenvalue weighted by Crippen LogP contribution is 2.09. The van der Waals surface area contributed by atoms with Crippen LogP contribution in [0.4, 0.5) is 4.79 Å². The van der Waals surface area contributed by atoms with Gasteiger partial charge >= 0.3 is 12.0 Å². The van der Waals surface area contributed by atoms with E-state index in [4.69, 9.17) is 4.74 Å². The predicted molar refractivity (Wildman–Crippen MR) is 90.1 cm³/mol. The number of carbonyl (C=O) groups is 3. The maximum absolute atomic E-state index is 11.8. The van der Waals surface area contributed by atoms with Gasteiger partial charge in [0.15, 0.2) is 0 Å². The van der Waals surface area contributed by atoms with Crippen LogP contribution in [0.1, 0.15) is 18.9 Å². The Morgan fingerprint density at radius 2 is 1.88 bits per heavy atom. The molecule has 0 spiro atoms. The first kappa shape index (κ1) is 19.6. The maximum Gasteiger partial charge on any atom is 0.321 e. The number of rotatable bonds is 8. The normalized spacial score (nSPS) is 11.7. The van der Waals surface area contributed by atoms with Crippen LogP contribution in [-0.4, -0.2) is 50.1 Å². The molecule has 0 unspecified atom stereocenters. The number of nitrogens with zero attached hydrogens (tertiary/aromatic N) is 1. The van der Waals surface area contributed by atoms with Crippen LogP contribution in [0, 0.1) is 5.92 Å². The van der Waals surface area contributed by atoms with E-state index < -0.39 is 6.03 Å². The number of imide groups is 1. The van der Waals surface area contributed by atoms with E-state index >= 15 is 0 Å². The number of methoxy groups -OCH3 is 1. The van der Waals surface area contributed by atoms with Crippen molar-refractivity contribution in [3.8, 4) is 0 Å². The molecule has 1 aromatic carbocycles. The van der Waals surface area contributed by atoms with Crippen LogP contribution in [-0.2, 0) is 20.9 Å². The molecule has 7 nitrogen and oxygen atoms in total. The molecule has 0 saturated carbocycles. The monoisotopic (exact) mass is 335 g/mol. The van der Waals surface area contributed by atoms with E-state index in [9.17, 15) is 14.4 Å². The summed E-state index contributed by atoms with van der Waals surface area (Å²) in [6, 6.07) is 9.26. The second-order valence-electron chi connectivity index (χ2n) is 5.52. The Morgan fingerprint density at radius 3 is 2.46 bits per heavy atom. The number of amides is 3. The summed E-state index contributed by atoms with van der Waals surface area (Å²) in [4.78, 5) is 36.5. The Kier molecular flexibility index (Phi) is 8.49. The number of urea groups is 1. The first-order chi connectivity index (χ1) is 11.5. The Balaban J connectivity index is 2.64. The summed E-state index contributed by atoms with van der Waals surface area (Å²) in [6.07, 6.45) is 0.161. The summed E-state index contributed by atoms with van der Waals surface area (Å²) in [5.74, 6) is -0.957. The molecule has 24 heavy (non-hydrogen) atoms. The van der Waals surface area contributed by atoms with Crippen molar-refractivity contribution >= 4 is 17.9 Å². The molecular weight excluding hydrogens is 310 g/mol. The quantitative estimate of drug-likeness (QED) is 0.696. The highest BCUT2D eigenvalue weighted by molar-refractivity contribution is 5.94. The van der Waals surface area contributed by atoms with Crippen molar-refractivity contribution in [1.82, 2.24) is 15.5 Å². The first-order valence-electron chi connectivity index (χ1n) is 7.82. The number of carbonyl (C=O) groups excluding carboxylic acids is 3. The molecule has 0 aromatic heterocycles. The maximum atomic E-state index is 11.8. The predicted octanol–water partition coefficient (Wildman–Crippen LogP) is 1.14. The minimum absolute atomic E-state index is 0.161. The van der Waals surface area contributed by atoms with E-state index in [2.05, 4.69) is 10.6 Å². The lowest BCUT2D eigenvalue weighted by atomic mass is 10.1. The van der Waals surface area contributed by atoms with Gasteiger partial charge in [0.25, 0.3) is 0 Å². The standard InChI is InChI=1S/C17H25N3O4/c1-13(16(22)24-3)11-20(12-14-7-5-4-6-8-14)10-9-15(21)19-17(23)18-2/h4-8,13H,9-12H2,1-3H3,(H2,18,19,21,23)/t13-/m1/s1. The zero-order valence-electron chi connectivity index (χ0n) is 14.4. The van der Waals surface area contributed by atoms with E-state index in [1.807, 2.05) is 35.2 Å². The van der Waals surface area contributed by atoms with Gasteiger partial charge in [0.05, 0.1) is 13.0 Å². The summed E-state index contributed by atoms with van der Waals surface area (Å²) in [5, 5.41) is 4.56. The van der Waals surface area contributed by atoms with Gasteiger partial charge in [-0.2, -0.15) is 0 Å². The fourth-order valence-corrected chi connectivity index (χ4v) is 2.25. The van der Waals surface area contributed by atoms with E-state index in [1.54, 1.807) is 6.92 Å². The topological polar surface area (TPSA) is 87.7 Å². The minimum atomic E-state index is -0.530. The third-order valence-electron chi connectivity index (χ3n) is 3.52. The lowest BCUT2D eigenvalue weighted by Crippen LogP contribution is -2.40. The number of ether oxygens (including phenoxy) is 1. The average molecular weight is 335 g/mol. The van der Waals surface area contributed by atoms with Crippen molar-refractivity contribution in [2.75, 3.05) is 27.2 Å². The number of hydrogen-bond acceptors (Lipinski definition) is 5. The smallest absolute Gasteiger partial charge is 0.321 e. The van der Waals surface area contributed by atoms with Crippen molar-refractivity contribution < 1.29 is 19.1 Å². The summed E-state index contributed by atoms with van der Waals surface area (Å²) in [6.45, 7) is 3.29. The molecule has 2 N–H and O–H groups in total. The van der Waals surface area contributed by atoms with Gasteiger partial charge < -0.3 is 10.1 Å². The number of hydrogen-bond donors (Lipinski definition) is 2. The molecule has 132 valence electrons. The van der Waals surface area contributed by atoms with Crippen molar-refractivity contribution in [3.05, 3.63) is 35.9 Å². The molecule has 0 saturated heterocycles. The molecule has 1 atom stereocenters. The number of esters is 1. The summed E-state index contributed by atoms with van der Waals surface area (Å²) < 4.78 is 4.76. The Bertz CT molecular complexity index is 548. The van der Waals surface area contributed by atoms with Gasteiger partial charge in [-0.05, 0) is 5.56 Å². The van der Waals surface area contributed by atoms with Crippen molar-refractivity contribution in [1.29, 1.82) is 0 Å². The summed E-state index contributed by atoms with van der Waals surface area (Å²) >= 11 is 0. The third-order valence-corrected chi connectivity index (χ3v) is 3.52. The molecular formula is C17H25N3O4. The molecule has 0 aliphatic carbocycles.